The summed E-state index contributed by atoms with van der Waals surface area (Å²) in [6.07, 6.45) is 0. The van der Waals surface area contributed by atoms with Gasteiger partial charge in [-0.3, -0.25) is 4.79 Å². The molecule has 2 nitrogen and oxygen atoms in total. The molecule has 16 heavy (non-hydrogen) atoms. The molecule has 0 spiro atoms. The summed E-state index contributed by atoms with van der Waals surface area (Å²) < 4.78 is 5.20. The normalized spacial score (nSPS) is 10.1. The molecule has 2 rings (SSSR count). The highest BCUT2D eigenvalue weighted by Crippen LogP contribution is 2.33. The Morgan fingerprint density at radius 3 is 1.62 bits per heavy atom. The van der Waals surface area contributed by atoms with E-state index >= 15 is 0 Å². The van der Waals surface area contributed by atoms with Gasteiger partial charge in [-0.25, -0.2) is 0 Å². The fraction of sp³-hybridized carbons (Fsp3) is 0. The molecule has 0 radical (unpaired) electrons. The smallest absolute Gasteiger partial charge is 0.296 e. The monoisotopic (exact) mass is 230 g/mol. The summed E-state index contributed by atoms with van der Waals surface area (Å²) in [7, 11) is -1.02. The molecule has 0 N–H and O–H groups in total. The third-order valence-corrected chi connectivity index (χ3v) is 3.96. The molecule has 2 aromatic carbocycles. The Morgan fingerprint density at radius 2 is 1.25 bits per heavy atom. The molecule has 0 unspecified atom stereocenters. The minimum atomic E-state index is -1.02. The van der Waals surface area contributed by atoms with Gasteiger partial charge in [-0.05, 0) is 0 Å². The topological polar surface area (TPSA) is 26.3 Å². The van der Waals surface area contributed by atoms with Crippen LogP contribution in [0.3, 0.4) is 0 Å². The molecule has 0 amide bonds. The van der Waals surface area contributed by atoms with E-state index in [2.05, 4.69) is 0 Å². The van der Waals surface area contributed by atoms with E-state index in [1.807, 2.05) is 60.7 Å². The minimum absolute atomic E-state index is 0.520. The lowest BCUT2D eigenvalue weighted by Gasteiger charge is -2.14. The first kappa shape index (κ1) is 10.8. The molecule has 0 aliphatic heterocycles. The van der Waals surface area contributed by atoms with Crippen molar-refractivity contribution in [1.29, 1.82) is 0 Å². The molecule has 0 aromatic heterocycles. The zero-order chi connectivity index (χ0) is 11.2. The maximum Gasteiger partial charge on any atom is 0.296 e. The largest absolute Gasteiger partial charge is 0.437 e. The minimum Gasteiger partial charge on any atom is -0.437 e. The van der Waals surface area contributed by atoms with Gasteiger partial charge in [0.25, 0.3) is 6.47 Å². The first-order valence-electron chi connectivity index (χ1n) is 4.92. The Hall–Kier alpha value is -1.66. The first-order valence-corrected chi connectivity index (χ1v) is 6.18. The predicted octanol–water partition coefficient (Wildman–Crippen LogP) is 2.21. The van der Waals surface area contributed by atoms with Gasteiger partial charge in [0.15, 0.2) is 8.15 Å². The van der Waals surface area contributed by atoms with Crippen LogP contribution in [0.4, 0.5) is 0 Å². The molecule has 0 fully saturated rings. The molecule has 0 heterocycles. The van der Waals surface area contributed by atoms with Gasteiger partial charge in [-0.1, -0.05) is 60.7 Å². The quantitative estimate of drug-likeness (QED) is 0.594. The van der Waals surface area contributed by atoms with Crippen molar-refractivity contribution in [3.8, 4) is 0 Å². The van der Waals surface area contributed by atoms with Crippen molar-refractivity contribution in [3.63, 3.8) is 0 Å². The van der Waals surface area contributed by atoms with E-state index in [1.54, 1.807) is 0 Å². The van der Waals surface area contributed by atoms with Gasteiger partial charge < -0.3 is 4.52 Å². The maximum absolute atomic E-state index is 10.6. The van der Waals surface area contributed by atoms with Crippen LogP contribution in [0, 0.1) is 0 Å². The van der Waals surface area contributed by atoms with Crippen LogP contribution in [0.15, 0.2) is 60.7 Å². The number of hydrogen-bond acceptors (Lipinski definition) is 2. The van der Waals surface area contributed by atoms with E-state index in [0.29, 0.717) is 6.47 Å². The number of carbonyl (C=O) groups excluding carboxylic acids is 1. The zero-order valence-electron chi connectivity index (χ0n) is 8.61. The molecule has 0 aliphatic rings. The molecular weight excluding hydrogens is 219 g/mol. The fourth-order valence-electron chi connectivity index (χ4n) is 1.44. The van der Waals surface area contributed by atoms with Gasteiger partial charge in [0.05, 0.1) is 0 Å². The van der Waals surface area contributed by atoms with Crippen LogP contribution in [0.5, 0.6) is 0 Å². The van der Waals surface area contributed by atoms with Crippen molar-refractivity contribution in [2.75, 3.05) is 0 Å². The third kappa shape index (κ3) is 2.47. The molecule has 0 atom stereocenters. The highest BCUT2D eigenvalue weighted by Gasteiger charge is 2.14. The second kappa shape index (κ2) is 5.43. The summed E-state index contributed by atoms with van der Waals surface area (Å²) in [6, 6.07) is 19.6. The van der Waals surface area contributed by atoms with Crippen LogP contribution in [-0.2, 0) is 9.32 Å². The third-order valence-electron chi connectivity index (χ3n) is 2.13. The van der Waals surface area contributed by atoms with Crippen LogP contribution >= 0.6 is 8.15 Å². The second-order valence-corrected chi connectivity index (χ2v) is 5.00. The number of benzene rings is 2. The van der Waals surface area contributed by atoms with Crippen molar-refractivity contribution in [2.24, 2.45) is 0 Å². The van der Waals surface area contributed by atoms with Gasteiger partial charge in [0.2, 0.25) is 0 Å². The summed E-state index contributed by atoms with van der Waals surface area (Å²) in [6.45, 7) is 0.520. The Bertz CT molecular complexity index is 403. The van der Waals surface area contributed by atoms with E-state index in [1.165, 1.54) is 0 Å². The Labute approximate surface area is 95.7 Å². The highest BCUT2D eigenvalue weighted by molar-refractivity contribution is 7.68. The molecule has 0 aliphatic carbocycles. The lowest BCUT2D eigenvalue weighted by Crippen LogP contribution is -2.12. The molecule has 0 bridgehead atoms. The van der Waals surface area contributed by atoms with Gasteiger partial charge in [0, 0.05) is 10.6 Å². The van der Waals surface area contributed by atoms with Crippen molar-refractivity contribution in [2.45, 2.75) is 0 Å². The average molecular weight is 230 g/mol. The molecule has 0 saturated heterocycles. The Morgan fingerprint density at radius 1 is 0.812 bits per heavy atom. The van der Waals surface area contributed by atoms with Crippen LogP contribution in [0.2, 0.25) is 0 Å². The van der Waals surface area contributed by atoms with Crippen molar-refractivity contribution in [3.05, 3.63) is 60.7 Å². The van der Waals surface area contributed by atoms with Crippen molar-refractivity contribution < 1.29 is 9.32 Å². The SMILES string of the molecule is O=COP(c1ccccc1)c1ccccc1. The number of hydrogen-bond donors (Lipinski definition) is 0. The van der Waals surface area contributed by atoms with Crippen LogP contribution < -0.4 is 10.6 Å². The lowest BCUT2D eigenvalue weighted by molar-refractivity contribution is -0.119. The Kier molecular flexibility index (Phi) is 3.68. The fourth-order valence-corrected chi connectivity index (χ4v) is 2.95. The average Bonchev–Trinajstić information content (AvgIpc) is 2.38. The van der Waals surface area contributed by atoms with Crippen LogP contribution in [0.25, 0.3) is 0 Å². The van der Waals surface area contributed by atoms with Crippen molar-refractivity contribution >= 4 is 25.2 Å². The van der Waals surface area contributed by atoms with E-state index in [-0.39, 0.29) is 0 Å². The van der Waals surface area contributed by atoms with Gasteiger partial charge in [0.1, 0.15) is 0 Å². The van der Waals surface area contributed by atoms with Gasteiger partial charge in [-0.15, -0.1) is 0 Å². The maximum atomic E-state index is 10.6. The highest BCUT2D eigenvalue weighted by atomic mass is 31.1. The standard InChI is InChI=1S/C13H11O2P/c14-11-15-16(12-7-3-1-4-8-12)13-9-5-2-6-10-13/h1-11H. The summed E-state index contributed by atoms with van der Waals surface area (Å²) in [5.41, 5.74) is 0. The van der Waals surface area contributed by atoms with Gasteiger partial charge >= 0.3 is 0 Å². The molecular formula is C13H11O2P. The first-order chi connectivity index (χ1) is 7.92. The zero-order valence-corrected chi connectivity index (χ0v) is 9.51. The van der Waals surface area contributed by atoms with Crippen molar-refractivity contribution in [1.82, 2.24) is 0 Å². The molecule has 2 aromatic rings. The summed E-state index contributed by atoms with van der Waals surface area (Å²) in [4.78, 5) is 10.6. The van der Waals surface area contributed by atoms with Crippen LogP contribution in [-0.4, -0.2) is 6.47 Å². The van der Waals surface area contributed by atoms with E-state index < -0.39 is 8.15 Å². The van der Waals surface area contributed by atoms with E-state index in [9.17, 15) is 4.79 Å². The predicted molar refractivity (Wildman–Crippen MR) is 66.2 cm³/mol. The summed E-state index contributed by atoms with van der Waals surface area (Å²) in [5, 5.41) is 2.08. The lowest BCUT2D eigenvalue weighted by atomic mass is 10.4. The molecule has 80 valence electrons. The second-order valence-electron chi connectivity index (χ2n) is 3.17. The van der Waals surface area contributed by atoms with E-state index in [4.69, 9.17) is 4.52 Å². The summed E-state index contributed by atoms with van der Waals surface area (Å²) >= 11 is 0. The number of rotatable bonds is 4. The number of carbonyl (C=O) groups is 1. The van der Waals surface area contributed by atoms with Gasteiger partial charge in [-0.2, -0.15) is 0 Å². The molecule has 0 saturated carbocycles. The van der Waals surface area contributed by atoms with Crippen LogP contribution in [0.1, 0.15) is 0 Å². The Balaban J connectivity index is 2.35. The molecule has 3 heteroatoms. The summed E-state index contributed by atoms with van der Waals surface area (Å²) in [5.74, 6) is 0. The van der Waals surface area contributed by atoms with E-state index in [0.717, 1.165) is 10.6 Å².